The molecule has 1 heterocycles. The lowest BCUT2D eigenvalue weighted by atomic mass is 10.0. The highest BCUT2D eigenvalue weighted by Crippen LogP contribution is 2.26. The lowest BCUT2D eigenvalue weighted by Gasteiger charge is -2.29. The molecule has 0 bridgehead atoms. The maximum absolute atomic E-state index is 12.6. The molecule has 1 aliphatic rings. The fraction of sp³-hybridized carbons (Fsp3) is 0.579. The van der Waals surface area contributed by atoms with Crippen LogP contribution in [0.15, 0.2) is 29.3 Å². The molecule has 1 aromatic carbocycles. The molecule has 0 unspecified atom stereocenters. The fourth-order valence-corrected chi connectivity index (χ4v) is 2.85. The highest BCUT2D eigenvalue weighted by molar-refractivity contribution is 5.97. The van der Waals surface area contributed by atoms with Gasteiger partial charge in [0, 0.05) is 25.3 Å². The molecule has 1 amide bonds. The monoisotopic (exact) mass is 330 g/mol. The van der Waals surface area contributed by atoms with Crippen molar-refractivity contribution in [3.05, 3.63) is 29.8 Å². The standard InChI is InChI=1S/C19H30N4O/c1-4-20-19(21-12-11-15(2)3)22-14-18(24)23-13-7-9-16-8-5-6-10-17(16)23/h5-6,8,10,15H,4,7,9,11-14H2,1-3H3,(H2,20,21,22). The summed E-state index contributed by atoms with van der Waals surface area (Å²) >= 11 is 0. The summed E-state index contributed by atoms with van der Waals surface area (Å²) in [7, 11) is 0. The van der Waals surface area contributed by atoms with E-state index in [1.807, 2.05) is 30.0 Å². The Bertz CT molecular complexity index is 568. The molecular weight excluding hydrogens is 300 g/mol. The summed E-state index contributed by atoms with van der Waals surface area (Å²) in [4.78, 5) is 19.0. The van der Waals surface area contributed by atoms with Gasteiger partial charge in [0.05, 0.1) is 0 Å². The number of guanidine groups is 1. The van der Waals surface area contributed by atoms with Crippen LogP contribution in [0, 0.1) is 5.92 Å². The van der Waals surface area contributed by atoms with E-state index in [4.69, 9.17) is 0 Å². The van der Waals surface area contributed by atoms with Crippen LogP contribution in [-0.2, 0) is 11.2 Å². The third-order valence-electron chi connectivity index (χ3n) is 4.14. The zero-order chi connectivity index (χ0) is 17.4. The summed E-state index contributed by atoms with van der Waals surface area (Å²) in [6, 6.07) is 8.16. The average molecular weight is 330 g/mol. The van der Waals surface area contributed by atoms with Crippen molar-refractivity contribution in [1.29, 1.82) is 0 Å². The number of nitrogens with zero attached hydrogens (tertiary/aromatic N) is 2. The fourth-order valence-electron chi connectivity index (χ4n) is 2.85. The Hall–Kier alpha value is -2.04. The van der Waals surface area contributed by atoms with Gasteiger partial charge in [-0.25, -0.2) is 4.99 Å². The summed E-state index contributed by atoms with van der Waals surface area (Å²) < 4.78 is 0. The predicted octanol–water partition coefficient (Wildman–Crippen LogP) is 2.57. The van der Waals surface area contributed by atoms with Gasteiger partial charge < -0.3 is 15.5 Å². The highest BCUT2D eigenvalue weighted by Gasteiger charge is 2.21. The molecule has 5 heteroatoms. The van der Waals surface area contributed by atoms with E-state index in [0.717, 1.165) is 50.5 Å². The molecule has 5 nitrogen and oxygen atoms in total. The first-order chi connectivity index (χ1) is 11.6. The Morgan fingerprint density at radius 2 is 2.08 bits per heavy atom. The van der Waals surface area contributed by atoms with Gasteiger partial charge in [0.25, 0.3) is 0 Å². The van der Waals surface area contributed by atoms with Crippen molar-refractivity contribution in [3.8, 4) is 0 Å². The lowest BCUT2D eigenvalue weighted by molar-refractivity contribution is -0.117. The van der Waals surface area contributed by atoms with Crippen molar-refractivity contribution in [2.45, 2.75) is 40.0 Å². The maximum Gasteiger partial charge on any atom is 0.248 e. The molecule has 2 rings (SSSR count). The second-order valence-corrected chi connectivity index (χ2v) is 6.58. The molecule has 0 spiro atoms. The minimum absolute atomic E-state index is 0.0585. The number of aliphatic imine (C=N–C) groups is 1. The van der Waals surface area contributed by atoms with Crippen molar-refractivity contribution in [3.63, 3.8) is 0 Å². The van der Waals surface area contributed by atoms with Crippen molar-refractivity contribution >= 4 is 17.6 Å². The van der Waals surface area contributed by atoms with Crippen molar-refractivity contribution in [2.24, 2.45) is 10.9 Å². The van der Waals surface area contributed by atoms with Gasteiger partial charge in [-0.2, -0.15) is 0 Å². The summed E-state index contributed by atoms with van der Waals surface area (Å²) in [5.74, 6) is 1.42. The van der Waals surface area contributed by atoms with E-state index in [1.165, 1.54) is 5.56 Å². The van der Waals surface area contributed by atoms with Crippen LogP contribution in [-0.4, -0.2) is 38.0 Å². The van der Waals surface area contributed by atoms with Crippen LogP contribution in [0.5, 0.6) is 0 Å². The molecule has 132 valence electrons. The summed E-state index contributed by atoms with van der Waals surface area (Å²) in [5, 5.41) is 6.50. The highest BCUT2D eigenvalue weighted by atomic mass is 16.2. The van der Waals surface area contributed by atoms with Gasteiger partial charge >= 0.3 is 0 Å². The number of hydrogen-bond acceptors (Lipinski definition) is 2. The number of para-hydroxylation sites is 1. The molecule has 1 aromatic rings. The first kappa shape index (κ1) is 18.3. The zero-order valence-corrected chi connectivity index (χ0v) is 15.1. The first-order valence-electron chi connectivity index (χ1n) is 9.02. The number of rotatable bonds is 6. The van der Waals surface area contributed by atoms with E-state index < -0.39 is 0 Å². The molecule has 24 heavy (non-hydrogen) atoms. The summed E-state index contributed by atoms with van der Waals surface area (Å²) in [6.07, 6.45) is 3.14. The minimum Gasteiger partial charge on any atom is -0.357 e. The topological polar surface area (TPSA) is 56.7 Å². The van der Waals surface area contributed by atoms with Crippen LogP contribution in [0.1, 0.15) is 39.2 Å². The van der Waals surface area contributed by atoms with Crippen LogP contribution in [0.2, 0.25) is 0 Å². The number of carbonyl (C=O) groups excluding carboxylic acids is 1. The van der Waals surface area contributed by atoms with Crippen molar-refractivity contribution in [2.75, 3.05) is 31.1 Å². The molecular formula is C19H30N4O. The summed E-state index contributed by atoms with van der Waals surface area (Å²) in [6.45, 7) is 9.03. The van der Waals surface area contributed by atoms with Crippen molar-refractivity contribution in [1.82, 2.24) is 10.6 Å². The van der Waals surface area contributed by atoms with E-state index in [0.29, 0.717) is 5.92 Å². The minimum atomic E-state index is 0.0585. The molecule has 0 aliphatic carbocycles. The number of amides is 1. The Labute approximate surface area is 145 Å². The molecule has 0 atom stereocenters. The lowest BCUT2D eigenvalue weighted by Crippen LogP contribution is -2.41. The molecule has 0 aromatic heterocycles. The second kappa shape index (κ2) is 9.30. The number of carbonyl (C=O) groups is 1. The number of benzene rings is 1. The predicted molar refractivity (Wildman–Crippen MR) is 101 cm³/mol. The first-order valence-corrected chi connectivity index (χ1v) is 9.02. The van der Waals surface area contributed by atoms with Gasteiger partial charge in [-0.05, 0) is 43.7 Å². The Kier molecular flexibility index (Phi) is 7.09. The van der Waals surface area contributed by atoms with Gasteiger partial charge in [0.15, 0.2) is 5.96 Å². The number of hydrogen-bond donors (Lipinski definition) is 2. The van der Waals surface area contributed by atoms with Gasteiger partial charge in [0.2, 0.25) is 5.91 Å². The number of nitrogens with one attached hydrogen (secondary N) is 2. The quantitative estimate of drug-likeness (QED) is 0.622. The second-order valence-electron chi connectivity index (χ2n) is 6.58. The number of anilines is 1. The van der Waals surface area contributed by atoms with Crippen LogP contribution < -0.4 is 15.5 Å². The Morgan fingerprint density at radius 1 is 1.29 bits per heavy atom. The molecule has 0 saturated heterocycles. The molecule has 1 aliphatic heterocycles. The average Bonchev–Trinajstić information content (AvgIpc) is 2.58. The normalized spacial score (nSPS) is 14.5. The number of aryl methyl sites for hydroxylation is 1. The van der Waals surface area contributed by atoms with Gasteiger partial charge in [-0.3, -0.25) is 4.79 Å². The molecule has 0 saturated carbocycles. The van der Waals surface area contributed by atoms with Crippen LogP contribution >= 0.6 is 0 Å². The van der Waals surface area contributed by atoms with E-state index in [1.54, 1.807) is 0 Å². The third kappa shape index (κ3) is 5.25. The van der Waals surface area contributed by atoms with Gasteiger partial charge in [-0.1, -0.05) is 32.0 Å². The summed E-state index contributed by atoms with van der Waals surface area (Å²) in [5.41, 5.74) is 2.30. The van der Waals surface area contributed by atoms with E-state index >= 15 is 0 Å². The zero-order valence-electron chi connectivity index (χ0n) is 15.1. The van der Waals surface area contributed by atoms with E-state index in [9.17, 15) is 4.79 Å². The smallest absolute Gasteiger partial charge is 0.248 e. The van der Waals surface area contributed by atoms with Crippen LogP contribution in [0.25, 0.3) is 0 Å². The van der Waals surface area contributed by atoms with Crippen LogP contribution in [0.3, 0.4) is 0 Å². The molecule has 0 fully saturated rings. The molecule has 2 N–H and O–H groups in total. The largest absolute Gasteiger partial charge is 0.357 e. The number of fused-ring (bicyclic) bond motifs is 1. The third-order valence-corrected chi connectivity index (χ3v) is 4.14. The van der Waals surface area contributed by atoms with E-state index in [2.05, 4.69) is 35.5 Å². The SMILES string of the molecule is CCNC(=NCC(=O)N1CCCc2ccccc21)NCCC(C)C. The maximum atomic E-state index is 12.6. The Morgan fingerprint density at radius 3 is 2.83 bits per heavy atom. The van der Waals surface area contributed by atoms with E-state index in [-0.39, 0.29) is 12.5 Å². The van der Waals surface area contributed by atoms with Gasteiger partial charge in [0.1, 0.15) is 6.54 Å². The Balaban J connectivity index is 1.97. The molecule has 0 radical (unpaired) electrons. The van der Waals surface area contributed by atoms with Gasteiger partial charge in [-0.15, -0.1) is 0 Å². The van der Waals surface area contributed by atoms with Crippen molar-refractivity contribution < 1.29 is 4.79 Å². The van der Waals surface area contributed by atoms with Crippen LogP contribution in [0.4, 0.5) is 5.69 Å².